The highest BCUT2D eigenvalue weighted by molar-refractivity contribution is 5.98. The van der Waals surface area contributed by atoms with Gasteiger partial charge in [-0.1, -0.05) is 0 Å². The van der Waals surface area contributed by atoms with E-state index in [2.05, 4.69) is 4.90 Å². The normalized spacial score (nSPS) is 24.2. The summed E-state index contributed by atoms with van der Waals surface area (Å²) in [5, 5.41) is 0. The summed E-state index contributed by atoms with van der Waals surface area (Å²) in [4.78, 5) is 16.6. The number of nitrogens with zero attached hydrogens (tertiary/aromatic N) is 2. The lowest BCUT2D eigenvalue weighted by molar-refractivity contribution is -0.124. The van der Waals surface area contributed by atoms with Crippen LogP contribution >= 0.6 is 0 Å². The Bertz CT molecular complexity index is 444. The van der Waals surface area contributed by atoms with E-state index in [1.807, 2.05) is 29.2 Å². The second kappa shape index (κ2) is 4.61. The smallest absolute Gasteiger partial charge is 0.244 e. The van der Waals surface area contributed by atoms with Crippen LogP contribution in [0.1, 0.15) is 12.8 Å². The Kier molecular flexibility index (Phi) is 2.96. The zero-order valence-electron chi connectivity index (χ0n) is 10.6. The van der Waals surface area contributed by atoms with Gasteiger partial charge in [-0.25, -0.2) is 0 Å². The van der Waals surface area contributed by atoms with Crippen LogP contribution in [0.25, 0.3) is 0 Å². The van der Waals surface area contributed by atoms with Crippen LogP contribution in [0.5, 0.6) is 5.75 Å². The van der Waals surface area contributed by atoms with Crippen LogP contribution < -0.4 is 9.64 Å². The number of amides is 1. The zero-order chi connectivity index (χ0) is 12.5. The number of anilines is 1. The molecule has 0 radical (unpaired) electrons. The number of piperazine rings is 1. The maximum Gasteiger partial charge on any atom is 0.244 e. The largest absolute Gasteiger partial charge is 0.497 e. The first-order valence-corrected chi connectivity index (χ1v) is 6.49. The van der Waals surface area contributed by atoms with E-state index in [9.17, 15) is 4.79 Å². The van der Waals surface area contributed by atoms with Crippen molar-refractivity contribution in [2.75, 3.05) is 31.6 Å². The molecular weight excluding hydrogens is 228 g/mol. The predicted molar refractivity (Wildman–Crippen MR) is 69.9 cm³/mol. The summed E-state index contributed by atoms with van der Waals surface area (Å²) >= 11 is 0. The maximum absolute atomic E-state index is 12.4. The number of carbonyl (C=O) groups is 1. The van der Waals surface area contributed by atoms with Crippen molar-refractivity contribution in [3.8, 4) is 5.75 Å². The minimum absolute atomic E-state index is 0.112. The van der Waals surface area contributed by atoms with E-state index in [-0.39, 0.29) is 11.9 Å². The molecule has 0 aliphatic carbocycles. The molecule has 1 unspecified atom stereocenters. The highest BCUT2D eigenvalue weighted by atomic mass is 16.5. The zero-order valence-corrected chi connectivity index (χ0v) is 10.6. The molecule has 0 spiro atoms. The first kappa shape index (κ1) is 11.5. The predicted octanol–water partition coefficient (Wildman–Crippen LogP) is 1.51. The number of hydrogen-bond donors (Lipinski definition) is 0. The second-order valence-electron chi connectivity index (χ2n) is 4.88. The van der Waals surface area contributed by atoms with Gasteiger partial charge in [0, 0.05) is 18.8 Å². The van der Waals surface area contributed by atoms with Gasteiger partial charge in [0.05, 0.1) is 13.2 Å². The van der Waals surface area contributed by atoms with Crippen molar-refractivity contribution in [3.05, 3.63) is 24.3 Å². The van der Waals surface area contributed by atoms with Crippen LogP contribution in [0, 0.1) is 0 Å². The molecule has 2 fully saturated rings. The van der Waals surface area contributed by atoms with Gasteiger partial charge < -0.3 is 9.64 Å². The Morgan fingerprint density at radius 1 is 1.17 bits per heavy atom. The molecule has 3 rings (SSSR count). The Labute approximate surface area is 107 Å². The molecule has 96 valence electrons. The number of benzene rings is 1. The Balaban J connectivity index is 1.81. The lowest BCUT2D eigenvalue weighted by Crippen LogP contribution is -2.54. The molecule has 1 amide bonds. The van der Waals surface area contributed by atoms with E-state index in [4.69, 9.17) is 4.74 Å². The Morgan fingerprint density at radius 2 is 1.94 bits per heavy atom. The van der Waals surface area contributed by atoms with Crippen molar-refractivity contribution in [1.82, 2.24) is 4.90 Å². The lowest BCUT2D eigenvalue weighted by atomic mass is 10.1. The maximum atomic E-state index is 12.4. The molecule has 1 aromatic rings. The van der Waals surface area contributed by atoms with Gasteiger partial charge in [0.25, 0.3) is 0 Å². The highest BCUT2D eigenvalue weighted by Crippen LogP contribution is 2.27. The van der Waals surface area contributed by atoms with Crippen LogP contribution in [0.4, 0.5) is 5.69 Å². The summed E-state index contributed by atoms with van der Waals surface area (Å²) < 4.78 is 5.14. The topological polar surface area (TPSA) is 32.8 Å². The number of carbonyl (C=O) groups excluding carboxylic acids is 1. The molecule has 0 bridgehead atoms. The van der Waals surface area contributed by atoms with Crippen LogP contribution in [-0.2, 0) is 4.79 Å². The van der Waals surface area contributed by atoms with Gasteiger partial charge in [0.2, 0.25) is 5.91 Å². The monoisotopic (exact) mass is 246 g/mol. The second-order valence-corrected chi connectivity index (χ2v) is 4.88. The van der Waals surface area contributed by atoms with Crippen molar-refractivity contribution in [2.45, 2.75) is 18.9 Å². The molecule has 1 atom stereocenters. The van der Waals surface area contributed by atoms with E-state index in [0.29, 0.717) is 0 Å². The average Bonchev–Trinajstić information content (AvgIpc) is 2.89. The van der Waals surface area contributed by atoms with Crippen LogP contribution in [0.3, 0.4) is 0 Å². The van der Waals surface area contributed by atoms with Gasteiger partial charge >= 0.3 is 0 Å². The molecule has 0 N–H and O–H groups in total. The molecule has 4 heteroatoms. The molecular formula is C14H18N2O2. The van der Waals surface area contributed by atoms with Gasteiger partial charge in [0.1, 0.15) is 5.75 Å². The van der Waals surface area contributed by atoms with Crippen LogP contribution in [-0.4, -0.2) is 43.6 Å². The first-order valence-electron chi connectivity index (χ1n) is 6.49. The van der Waals surface area contributed by atoms with Crippen molar-refractivity contribution in [2.24, 2.45) is 0 Å². The van der Waals surface area contributed by atoms with Gasteiger partial charge in [-0.15, -0.1) is 0 Å². The third-order valence-corrected chi connectivity index (χ3v) is 3.91. The van der Waals surface area contributed by atoms with E-state index in [0.717, 1.165) is 43.9 Å². The summed E-state index contributed by atoms with van der Waals surface area (Å²) in [7, 11) is 1.65. The lowest BCUT2D eigenvalue weighted by Gasteiger charge is -2.36. The van der Waals surface area contributed by atoms with Crippen molar-refractivity contribution < 1.29 is 9.53 Å². The van der Waals surface area contributed by atoms with Crippen molar-refractivity contribution in [1.29, 1.82) is 0 Å². The van der Waals surface area contributed by atoms with Crippen molar-refractivity contribution in [3.63, 3.8) is 0 Å². The van der Waals surface area contributed by atoms with Crippen LogP contribution in [0.2, 0.25) is 0 Å². The van der Waals surface area contributed by atoms with E-state index in [1.54, 1.807) is 7.11 Å². The van der Waals surface area contributed by atoms with Gasteiger partial charge in [-0.05, 0) is 43.7 Å². The third-order valence-electron chi connectivity index (χ3n) is 3.91. The van der Waals surface area contributed by atoms with Gasteiger partial charge in [-0.3, -0.25) is 9.69 Å². The Morgan fingerprint density at radius 3 is 2.67 bits per heavy atom. The fourth-order valence-electron chi connectivity index (χ4n) is 2.91. The molecule has 0 saturated carbocycles. The fourth-order valence-corrected chi connectivity index (χ4v) is 2.91. The summed E-state index contributed by atoms with van der Waals surface area (Å²) in [5.74, 6) is 1.08. The summed E-state index contributed by atoms with van der Waals surface area (Å²) in [6.45, 7) is 2.86. The third kappa shape index (κ3) is 1.86. The summed E-state index contributed by atoms with van der Waals surface area (Å²) in [5.41, 5.74) is 0.979. The molecule has 18 heavy (non-hydrogen) atoms. The molecule has 2 aliphatic heterocycles. The minimum atomic E-state index is 0.112. The van der Waals surface area contributed by atoms with Gasteiger partial charge in [0.15, 0.2) is 0 Å². The summed E-state index contributed by atoms with van der Waals surface area (Å²) in [6, 6.07) is 7.84. The number of methoxy groups -OCH3 is 1. The quantitative estimate of drug-likeness (QED) is 0.793. The minimum Gasteiger partial charge on any atom is -0.497 e. The van der Waals surface area contributed by atoms with E-state index in [1.165, 1.54) is 0 Å². The molecule has 2 saturated heterocycles. The first-order chi connectivity index (χ1) is 8.79. The number of rotatable bonds is 2. The van der Waals surface area contributed by atoms with E-state index >= 15 is 0 Å². The molecule has 2 heterocycles. The molecule has 4 nitrogen and oxygen atoms in total. The number of hydrogen-bond acceptors (Lipinski definition) is 3. The average molecular weight is 246 g/mol. The van der Waals surface area contributed by atoms with E-state index < -0.39 is 0 Å². The molecule has 2 aliphatic rings. The molecule has 0 aromatic heterocycles. The van der Waals surface area contributed by atoms with Crippen LogP contribution in [0.15, 0.2) is 24.3 Å². The molecule has 1 aromatic carbocycles. The SMILES string of the molecule is COc1ccc(N2CCN3CCCC3C2=O)cc1. The van der Waals surface area contributed by atoms with Gasteiger partial charge in [-0.2, -0.15) is 0 Å². The Hall–Kier alpha value is -1.55. The highest BCUT2D eigenvalue weighted by Gasteiger charge is 2.37. The summed E-state index contributed by atoms with van der Waals surface area (Å²) in [6.07, 6.45) is 2.15. The fraction of sp³-hybridized carbons (Fsp3) is 0.500. The standard InChI is InChI=1S/C14H18N2O2/c1-18-12-6-4-11(5-7-12)16-10-9-15-8-2-3-13(15)14(16)17/h4-7,13H,2-3,8-10H2,1H3. The van der Waals surface area contributed by atoms with Crippen molar-refractivity contribution >= 4 is 11.6 Å². The number of ether oxygens (including phenoxy) is 1. The number of fused-ring (bicyclic) bond motifs is 1.